The molecule has 6 heteroatoms. The van der Waals surface area contributed by atoms with Gasteiger partial charge in [-0.25, -0.2) is 4.79 Å². The fourth-order valence-electron chi connectivity index (χ4n) is 2.66. The Hall–Kier alpha value is -1.27. The van der Waals surface area contributed by atoms with Crippen LogP contribution < -0.4 is 5.69 Å². The Labute approximate surface area is 119 Å². The molecule has 20 heavy (non-hydrogen) atoms. The van der Waals surface area contributed by atoms with Crippen molar-refractivity contribution in [2.24, 2.45) is 7.05 Å². The topological polar surface area (TPSA) is 56.2 Å². The number of hydrogen-bond acceptors (Lipinski definition) is 3. The van der Waals surface area contributed by atoms with Crippen molar-refractivity contribution in [3.8, 4) is 0 Å². The third-order valence-electron chi connectivity index (χ3n) is 4.77. The SMILES string of the molecule is Cn1c2c([nH]c1=O)CCC(B1OC(C)(C)C(C)(C)O1)=C2. The van der Waals surface area contributed by atoms with Gasteiger partial charge in [-0.2, -0.15) is 0 Å². The smallest absolute Gasteiger partial charge is 0.400 e. The summed E-state index contributed by atoms with van der Waals surface area (Å²) in [4.78, 5) is 14.5. The molecule has 1 saturated heterocycles. The van der Waals surface area contributed by atoms with Gasteiger partial charge < -0.3 is 14.3 Å². The zero-order valence-corrected chi connectivity index (χ0v) is 12.7. The van der Waals surface area contributed by atoms with Gasteiger partial charge in [0.05, 0.1) is 16.9 Å². The van der Waals surface area contributed by atoms with Gasteiger partial charge in [-0.1, -0.05) is 0 Å². The zero-order valence-electron chi connectivity index (χ0n) is 12.7. The van der Waals surface area contributed by atoms with E-state index in [2.05, 4.69) is 4.98 Å². The van der Waals surface area contributed by atoms with Gasteiger partial charge in [0, 0.05) is 12.7 Å². The van der Waals surface area contributed by atoms with Crippen molar-refractivity contribution in [3.05, 3.63) is 27.3 Å². The second kappa shape index (κ2) is 4.12. The number of aryl methyl sites for hydroxylation is 1. The molecule has 1 aliphatic carbocycles. The molecule has 0 aromatic carbocycles. The summed E-state index contributed by atoms with van der Waals surface area (Å²) in [5, 5.41) is 0. The van der Waals surface area contributed by atoms with E-state index >= 15 is 0 Å². The molecular formula is C14H21BN2O3. The molecule has 3 rings (SSSR count). The maximum Gasteiger partial charge on any atom is 0.490 e. The summed E-state index contributed by atoms with van der Waals surface area (Å²) in [5.74, 6) is 0. The molecule has 1 N–H and O–H groups in total. The fraction of sp³-hybridized carbons (Fsp3) is 0.643. The Morgan fingerprint density at radius 3 is 2.40 bits per heavy atom. The second-order valence-electron chi connectivity index (χ2n) is 6.66. The first kappa shape index (κ1) is 13.7. The van der Waals surface area contributed by atoms with E-state index in [1.807, 2.05) is 33.8 Å². The van der Waals surface area contributed by atoms with Gasteiger partial charge in [0.1, 0.15) is 0 Å². The Kier molecular flexibility index (Phi) is 2.82. The molecule has 0 radical (unpaired) electrons. The molecule has 0 spiro atoms. The van der Waals surface area contributed by atoms with Crippen LogP contribution in [-0.2, 0) is 22.8 Å². The van der Waals surface area contributed by atoms with Crippen molar-refractivity contribution in [2.75, 3.05) is 0 Å². The third-order valence-corrected chi connectivity index (χ3v) is 4.77. The summed E-state index contributed by atoms with van der Waals surface area (Å²) in [6.07, 6.45) is 3.70. The van der Waals surface area contributed by atoms with Crippen LogP contribution in [0.15, 0.2) is 10.3 Å². The van der Waals surface area contributed by atoms with E-state index in [0.29, 0.717) is 0 Å². The highest BCUT2D eigenvalue weighted by atomic mass is 16.7. The minimum atomic E-state index is -0.331. The van der Waals surface area contributed by atoms with E-state index < -0.39 is 0 Å². The van der Waals surface area contributed by atoms with E-state index in [-0.39, 0.29) is 24.0 Å². The molecule has 1 aliphatic heterocycles. The summed E-state index contributed by atoms with van der Waals surface area (Å²) in [6.45, 7) is 8.20. The lowest BCUT2D eigenvalue weighted by atomic mass is 9.73. The van der Waals surface area contributed by atoms with Gasteiger partial charge in [-0.05, 0) is 52.1 Å². The van der Waals surface area contributed by atoms with Crippen molar-refractivity contribution < 1.29 is 9.31 Å². The zero-order chi connectivity index (χ0) is 14.7. The van der Waals surface area contributed by atoms with E-state index in [1.54, 1.807) is 11.6 Å². The number of nitrogens with zero attached hydrogens (tertiary/aromatic N) is 1. The highest BCUT2D eigenvalue weighted by molar-refractivity contribution is 6.55. The van der Waals surface area contributed by atoms with Crippen LogP contribution in [0.2, 0.25) is 0 Å². The Balaban J connectivity index is 1.94. The first-order valence-electron chi connectivity index (χ1n) is 7.05. The number of nitrogens with one attached hydrogen (secondary N) is 1. The minimum absolute atomic E-state index is 0.0681. The normalized spacial score (nSPS) is 23.6. The standard InChI is InChI=1S/C14H21BN2O3/c1-13(2)14(3,4)20-15(19-13)9-6-7-10-11(8-9)17(5)12(18)16-10/h8H,6-7H2,1-5H3,(H,16,18). The van der Waals surface area contributed by atoms with Crippen molar-refractivity contribution in [2.45, 2.75) is 51.7 Å². The summed E-state index contributed by atoms with van der Waals surface area (Å²) in [7, 11) is 1.46. The van der Waals surface area contributed by atoms with E-state index in [0.717, 1.165) is 29.7 Å². The predicted octanol–water partition coefficient (Wildman–Crippen LogP) is 1.67. The molecule has 5 nitrogen and oxygen atoms in total. The van der Waals surface area contributed by atoms with Crippen molar-refractivity contribution in [1.29, 1.82) is 0 Å². The summed E-state index contributed by atoms with van der Waals surface area (Å²) >= 11 is 0. The van der Waals surface area contributed by atoms with E-state index in [1.165, 1.54) is 0 Å². The highest BCUT2D eigenvalue weighted by Crippen LogP contribution is 2.40. The third kappa shape index (κ3) is 1.90. The van der Waals surface area contributed by atoms with Crippen LogP contribution in [-0.4, -0.2) is 27.9 Å². The molecule has 0 bridgehead atoms. The maximum atomic E-state index is 11.7. The maximum absolute atomic E-state index is 11.7. The van der Waals surface area contributed by atoms with Crippen LogP contribution >= 0.6 is 0 Å². The molecule has 2 heterocycles. The molecule has 0 saturated carbocycles. The molecule has 0 atom stereocenters. The van der Waals surface area contributed by atoms with Crippen LogP contribution in [0.1, 0.15) is 45.5 Å². The minimum Gasteiger partial charge on any atom is -0.400 e. The number of fused-ring (bicyclic) bond motifs is 1. The van der Waals surface area contributed by atoms with Crippen LogP contribution in [0.25, 0.3) is 6.08 Å². The van der Waals surface area contributed by atoms with Gasteiger partial charge in [0.2, 0.25) is 0 Å². The molecular weight excluding hydrogens is 255 g/mol. The Morgan fingerprint density at radius 2 is 1.80 bits per heavy atom. The van der Waals surface area contributed by atoms with Crippen LogP contribution in [0.4, 0.5) is 0 Å². The van der Waals surface area contributed by atoms with Crippen molar-refractivity contribution >= 4 is 13.2 Å². The highest BCUT2D eigenvalue weighted by Gasteiger charge is 2.52. The quantitative estimate of drug-likeness (QED) is 0.794. The lowest BCUT2D eigenvalue weighted by molar-refractivity contribution is 0.00578. The predicted molar refractivity (Wildman–Crippen MR) is 78.4 cm³/mol. The molecule has 108 valence electrons. The molecule has 0 unspecified atom stereocenters. The second-order valence-corrected chi connectivity index (χ2v) is 6.66. The van der Waals surface area contributed by atoms with Gasteiger partial charge in [-0.15, -0.1) is 0 Å². The number of allylic oxidation sites excluding steroid dienone is 1. The van der Waals surface area contributed by atoms with Crippen LogP contribution in [0.5, 0.6) is 0 Å². The summed E-state index contributed by atoms with van der Waals surface area (Å²) < 4.78 is 13.8. The monoisotopic (exact) mass is 276 g/mol. The van der Waals surface area contributed by atoms with Gasteiger partial charge >= 0.3 is 12.8 Å². The van der Waals surface area contributed by atoms with Gasteiger partial charge in [-0.3, -0.25) is 4.57 Å². The first-order chi connectivity index (χ1) is 9.21. The number of hydrogen-bond donors (Lipinski definition) is 1. The van der Waals surface area contributed by atoms with Gasteiger partial charge in [0.25, 0.3) is 0 Å². The molecule has 1 aromatic heterocycles. The largest absolute Gasteiger partial charge is 0.490 e. The lowest BCUT2D eigenvalue weighted by Crippen LogP contribution is -2.41. The fourth-order valence-corrected chi connectivity index (χ4v) is 2.66. The van der Waals surface area contributed by atoms with E-state index in [9.17, 15) is 4.79 Å². The van der Waals surface area contributed by atoms with E-state index in [4.69, 9.17) is 9.31 Å². The molecule has 1 fully saturated rings. The number of aromatic nitrogens is 2. The number of aromatic amines is 1. The number of H-pyrrole nitrogens is 1. The number of rotatable bonds is 1. The molecule has 0 amide bonds. The average molecular weight is 276 g/mol. The Bertz CT molecular complexity index is 623. The Morgan fingerprint density at radius 1 is 1.20 bits per heavy atom. The first-order valence-corrected chi connectivity index (χ1v) is 7.05. The molecule has 2 aliphatic rings. The van der Waals surface area contributed by atoms with Crippen molar-refractivity contribution in [3.63, 3.8) is 0 Å². The molecule has 1 aromatic rings. The summed E-state index contributed by atoms with van der Waals surface area (Å²) in [6, 6.07) is 0. The summed E-state index contributed by atoms with van der Waals surface area (Å²) in [5.41, 5.74) is 2.31. The average Bonchev–Trinajstić information content (AvgIpc) is 2.74. The van der Waals surface area contributed by atoms with Crippen LogP contribution in [0, 0.1) is 0 Å². The van der Waals surface area contributed by atoms with Crippen LogP contribution in [0.3, 0.4) is 0 Å². The van der Waals surface area contributed by atoms with Gasteiger partial charge in [0.15, 0.2) is 0 Å². The van der Waals surface area contributed by atoms with Crippen molar-refractivity contribution in [1.82, 2.24) is 9.55 Å². The lowest BCUT2D eigenvalue weighted by Gasteiger charge is -2.32. The number of imidazole rings is 1.